The molecule has 0 aliphatic heterocycles. The zero-order valence-corrected chi connectivity index (χ0v) is 10.6. The lowest BCUT2D eigenvalue weighted by Gasteiger charge is -2.12. The standard InChI is InChI=1S/C12H16BrNO2/c13-10-3-9(12(14)6-15)4-11(5-10)16-7-8-1-2-8/h3-5,8,12,15H,1-2,6-7,14H2. The normalized spacial score (nSPS) is 17.2. The number of halogens is 1. The van der Waals surface area contributed by atoms with Gasteiger partial charge in [0.25, 0.3) is 0 Å². The van der Waals surface area contributed by atoms with E-state index in [1.54, 1.807) is 0 Å². The van der Waals surface area contributed by atoms with E-state index in [2.05, 4.69) is 15.9 Å². The molecule has 1 unspecified atom stereocenters. The van der Waals surface area contributed by atoms with Gasteiger partial charge in [0.15, 0.2) is 0 Å². The van der Waals surface area contributed by atoms with Crippen LogP contribution in [0.1, 0.15) is 24.4 Å². The van der Waals surface area contributed by atoms with E-state index in [-0.39, 0.29) is 12.6 Å². The Hall–Kier alpha value is -0.580. The third kappa shape index (κ3) is 3.20. The van der Waals surface area contributed by atoms with Crippen molar-refractivity contribution in [2.75, 3.05) is 13.2 Å². The van der Waals surface area contributed by atoms with Crippen LogP contribution in [0.4, 0.5) is 0 Å². The van der Waals surface area contributed by atoms with Gasteiger partial charge < -0.3 is 15.6 Å². The van der Waals surface area contributed by atoms with Crippen molar-refractivity contribution in [1.29, 1.82) is 0 Å². The highest BCUT2D eigenvalue weighted by Gasteiger charge is 2.22. The Labute approximate surface area is 104 Å². The van der Waals surface area contributed by atoms with E-state index in [1.165, 1.54) is 12.8 Å². The summed E-state index contributed by atoms with van der Waals surface area (Å²) in [6, 6.07) is 5.38. The van der Waals surface area contributed by atoms with Gasteiger partial charge in [0.2, 0.25) is 0 Å². The molecule has 1 aromatic rings. The summed E-state index contributed by atoms with van der Waals surface area (Å²) in [5, 5.41) is 9.02. The molecule has 0 spiro atoms. The van der Waals surface area contributed by atoms with Gasteiger partial charge in [0.05, 0.1) is 19.3 Å². The predicted octanol–water partition coefficient (Wildman–Crippen LogP) is 2.23. The molecule has 1 fully saturated rings. The van der Waals surface area contributed by atoms with E-state index in [0.717, 1.165) is 28.3 Å². The molecule has 2 rings (SSSR count). The van der Waals surface area contributed by atoms with Crippen molar-refractivity contribution < 1.29 is 9.84 Å². The molecule has 3 nitrogen and oxygen atoms in total. The van der Waals surface area contributed by atoms with Crippen LogP contribution in [0.2, 0.25) is 0 Å². The maximum absolute atomic E-state index is 9.02. The Bertz CT molecular complexity index is 366. The molecule has 0 aromatic heterocycles. The minimum Gasteiger partial charge on any atom is -0.493 e. The fourth-order valence-corrected chi connectivity index (χ4v) is 1.98. The van der Waals surface area contributed by atoms with Gasteiger partial charge >= 0.3 is 0 Å². The maximum Gasteiger partial charge on any atom is 0.120 e. The van der Waals surface area contributed by atoms with E-state index in [4.69, 9.17) is 15.6 Å². The Morgan fingerprint density at radius 3 is 2.81 bits per heavy atom. The molecule has 1 atom stereocenters. The summed E-state index contributed by atoms with van der Waals surface area (Å²) in [5.41, 5.74) is 6.67. The number of hydrogen-bond donors (Lipinski definition) is 2. The summed E-state index contributed by atoms with van der Waals surface area (Å²) in [4.78, 5) is 0. The first-order chi connectivity index (χ1) is 7.69. The molecule has 4 heteroatoms. The fourth-order valence-electron chi connectivity index (χ4n) is 1.49. The second-order valence-electron chi connectivity index (χ2n) is 4.26. The minimum atomic E-state index is -0.347. The summed E-state index contributed by atoms with van der Waals surface area (Å²) >= 11 is 3.42. The molecule has 1 aromatic carbocycles. The van der Waals surface area contributed by atoms with Crippen molar-refractivity contribution in [2.45, 2.75) is 18.9 Å². The van der Waals surface area contributed by atoms with Crippen molar-refractivity contribution in [3.8, 4) is 5.75 Å². The second kappa shape index (κ2) is 5.17. The molecule has 1 aliphatic rings. The number of ether oxygens (including phenoxy) is 1. The first-order valence-electron chi connectivity index (χ1n) is 5.49. The highest BCUT2D eigenvalue weighted by Crippen LogP contribution is 2.31. The first-order valence-corrected chi connectivity index (χ1v) is 6.28. The van der Waals surface area contributed by atoms with E-state index >= 15 is 0 Å². The average Bonchev–Trinajstić information content (AvgIpc) is 3.08. The van der Waals surface area contributed by atoms with Crippen molar-refractivity contribution in [3.63, 3.8) is 0 Å². The molecule has 16 heavy (non-hydrogen) atoms. The Morgan fingerprint density at radius 2 is 2.19 bits per heavy atom. The number of aliphatic hydroxyl groups is 1. The van der Waals surface area contributed by atoms with Gasteiger partial charge in [0.1, 0.15) is 5.75 Å². The van der Waals surface area contributed by atoms with Crippen LogP contribution in [-0.2, 0) is 0 Å². The van der Waals surface area contributed by atoms with Crippen LogP contribution in [0, 0.1) is 5.92 Å². The summed E-state index contributed by atoms with van der Waals surface area (Å²) in [6.45, 7) is 0.725. The van der Waals surface area contributed by atoms with E-state index in [0.29, 0.717) is 0 Å². The zero-order valence-electron chi connectivity index (χ0n) is 9.03. The molecule has 1 saturated carbocycles. The van der Waals surface area contributed by atoms with E-state index in [1.807, 2.05) is 18.2 Å². The number of benzene rings is 1. The maximum atomic E-state index is 9.02. The van der Waals surface area contributed by atoms with Gasteiger partial charge in [-0.05, 0) is 42.5 Å². The van der Waals surface area contributed by atoms with Crippen LogP contribution < -0.4 is 10.5 Å². The third-order valence-corrected chi connectivity index (χ3v) is 3.16. The van der Waals surface area contributed by atoms with Crippen molar-refractivity contribution >= 4 is 15.9 Å². The van der Waals surface area contributed by atoms with Gasteiger partial charge in [-0.3, -0.25) is 0 Å². The SMILES string of the molecule is NC(CO)c1cc(Br)cc(OCC2CC2)c1. The Kier molecular flexibility index (Phi) is 3.84. The lowest BCUT2D eigenvalue weighted by molar-refractivity contribution is 0.266. The van der Waals surface area contributed by atoms with E-state index < -0.39 is 0 Å². The van der Waals surface area contributed by atoms with Gasteiger partial charge in [-0.1, -0.05) is 15.9 Å². The van der Waals surface area contributed by atoms with Gasteiger partial charge in [-0.15, -0.1) is 0 Å². The van der Waals surface area contributed by atoms with Crippen LogP contribution in [0.25, 0.3) is 0 Å². The average molecular weight is 286 g/mol. The van der Waals surface area contributed by atoms with Crippen LogP contribution in [0.15, 0.2) is 22.7 Å². The van der Waals surface area contributed by atoms with Crippen LogP contribution in [0.5, 0.6) is 5.75 Å². The van der Waals surface area contributed by atoms with Crippen LogP contribution in [0.3, 0.4) is 0 Å². The Morgan fingerprint density at radius 1 is 1.44 bits per heavy atom. The highest BCUT2D eigenvalue weighted by atomic mass is 79.9. The van der Waals surface area contributed by atoms with Gasteiger partial charge in [-0.2, -0.15) is 0 Å². The largest absolute Gasteiger partial charge is 0.493 e. The molecule has 0 bridgehead atoms. The molecule has 0 radical (unpaired) electrons. The lowest BCUT2D eigenvalue weighted by atomic mass is 10.1. The van der Waals surface area contributed by atoms with Gasteiger partial charge in [0, 0.05) is 4.47 Å². The molecular weight excluding hydrogens is 270 g/mol. The zero-order chi connectivity index (χ0) is 11.5. The third-order valence-electron chi connectivity index (χ3n) is 2.70. The quantitative estimate of drug-likeness (QED) is 0.872. The first kappa shape index (κ1) is 11.9. The molecule has 1 aliphatic carbocycles. The summed E-state index contributed by atoms with van der Waals surface area (Å²) in [6.07, 6.45) is 2.55. The lowest BCUT2D eigenvalue weighted by Crippen LogP contribution is -2.14. The smallest absolute Gasteiger partial charge is 0.120 e. The fraction of sp³-hybridized carbons (Fsp3) is 0.500. The molecule has 88 valence electrons. The van der Waals surface area contributed by atoms with Crippen molar-refractivity contribution in [3.05, 3.63) is 28.2 Å². The van der Waals surface area contributed by atoms with Crippen molar-refractivity contribution in [2.24, 2.45) is 11.7 Å². The molecule has 3 N–H and O–H groups in total. The number of rotatable bonds is 5. The van der Waals surface area contributed by atoms with Crippen LogP contribution >= 0.6 is 15.9 Å². The predicted molar refractivity (Wildman–Crippen MR) is 66.4 cm³/mol. The number of aliphatic hydroxyl groups excluding tert-OH is 1. The molecule has 0 amide bonds. The Balaban J connectivity index is 2.07. The van der Waals surface area contributed by atoms with E-state index in [9.17, 15) is 0 Å². The van der Waals surface area contributed by atoms with Crippen LogP contribution in [-0.4, -0.2) is 18.3 Å². The monoisotopic (exact) mass is 285 g/mol. The number of nitrogens with two attached hydrogens (primary N) is 1. The summed E-state index contributed by atoms with van der Waals surface area (Å²) < 4.78 is 6.61. The summed E-state index contributed by atoms with van der Waals surface area (Å²) in [7, 11) is 0. The van der Waals surface area contributed by atoms with Crippen molar-refractivity contribution in [1.82, 2.24) is 0 Å². The second-order valence-corrected chi connectivity index (χ2v) is 5.18. The molecule has 0 saturated heterocycles. The van der Waals surface area contributed by atoms with Gasteiger partial charge in [-0.25, -0.2) is 0 Å². The number of hydrogen-bond acceptors (Lipinski definition) is 3. The minimum absolute atomic E-state index is 0.0570. The topological polar surface area (TPSA) is 55.5 Å². The highest BCUT2D eigenvalue weighted by molar-refractivity contribution is 9.10. The summed E-state index contributed by atoms with van der Waals surface area (Å²) in [5.74, 6) is 1.55. The molecule has 0 heterocycles. The molecular formula is C12H16BrNO2.